The van der Waals surface area contributed by atoms with Gasteiger partial charge in [0.05, 0.1) is 24.2 Å². The van der Waals surface area contributed by atoms with Gasteiger partial charge < -0.3 is 4.57 Å². The molecule has 0 saturated carbocycles. The summed E-state index contributed by atoms with van der Waals surface area (Å²) in [7, 11) is -1.53. The monoisotopic (exact) mass is 462 g/mol. The molecule has 0 bridgehead atoms. The molecule has 3 aromatic rings. The average Bonchev–Trinajstić information content (AvgIpc) is 2.96. The standard InChI is InChI=1S/C21H23ClN4O4S/c1-14-12-18(25(2)20(14)21(28)15-4-6-16(22)7-5-15)13-17-8-9-19(27)26(24-17)11-10-23-31(3,29)30/h4-9,12,23H,10-11,13H2,1-3H3. The Kier molecular flexibility index (Phi) is 6.78. The summed E-state index contributed by atoms with van der Waals surface area (Å²) in [6.07, 6.45) is 1.46. The molecule has 3 rings (SSSR count). The van der Waals surface area contributed by atoms with E-state index in [9.17, 15) is 18.0 Å². The van der Waals surface area contributed by atoms with Crippen LogP contribution in [0.4, 0.5) is 0 Å². The van der Waals surface area contributed by atoms with Crippen LogP contribution in [0.5, 0.6) is 0 Å². The van der Waals surface area contributed by atoms with E-state index in [1.165, 1.54) is 10.7 Å². The second kappa shape index (κ2) is 9.17. The molecule has 31 heavy (non-hydrogen) atoms. The van der Waals surface area contributed by atoms with E-state index in [1.807, 2.05) is 24.6 Å². The zero-order valence-corrected chi connectivity index (χ0v) is 19.0. The van der Waals surface area contributed by atoms with Crippen LogP contribution in [0.15, 0.2) is 47.3 Å². The molecule has 8 nitrogen and oxygen atoms in total. The van der Waals surface area contributed by atoms with Crippen molar-refractivity contribution in [3.05, 3.63) is 86.0 Å². The van der Waals surface area contributed by atoms with Crippen LogP contribution < -0.4 is 10.3 Å². The van der Waals surface area contributed by atoms with Crippen molar-refractivity contribution >= 4 is 27.4 Å². The number of aromatic nitrogens is 3. The summed E-state index contributed by atoms with van der Waals surface area (Å²) >= 11 is 5.92. The van der Waals surface area contributed by atoms with Gasteiger partial charge in [-0.15, -0.1) is 0 Å². The zero-order valence-electron chi connectivity index (χ0n) is 17.4. The van der Waals surface area contributed by atoms with Gasteiger partial charge in [0.25, 0.3) is 5.56 Å². The molecule has 0 aliphatic heterocycles. The lowest BCUT2D eigenvalue weighted by Gasteiger charge is -2.10. The maximum atomic E-state index is 13.0. The first-order valence-electron chi connectivity index (χ1n) is 9.52. The third-order valence-electron chi connectivity index (χ3n) is 4.82. The fourth-order valence-corrected chi connectivity index (χ4v) is 3.92. The molecule has 0 radical (unpaired) electrons. The first-order valence-corrected chi connectivity index (χ1v) is 11.8. The van der Waals surface area contributed by atoms with Gasteiger partial charge in [-0.1, -0.05) is 11.6 Å². The van der Waals surface area contributed by atoms with Crippen molar-refractivity contribution in [2.24, 2.45) is 7.05 Å². The first kappa shape index (κ1) is 22.9. The Bertz CT molecular complexity index is 1280. The largest absolute Gasteiger partial charge is 0.344 e. The molecule has 2 aromatic heterocycles. The number of nitrogens with one attached hydrogen (secondary N) is 1. The van der Waals surface area contributed by atoms with Gasteiger partial charge in [-0.05, 0) is 48.9 Å². The lowest BCUT2D eigenvalue weighted by molar-refractivity contribution is 0.103. The summed E-state index contributed by atoms with van der Waals surface area (Å²) < 4.78 is 27.8. The lowest BCUT2D eigenvalue weighted by Crippen LogP contribution is -2.31. The normalized spacial score (nSPS) is 11.6. The van der Waals surface area contributed by atoms with E-state index in [2.05, 4.69) is 9.82 Å². The molecule has 164 valence electrons. The Morgan fingerprint density at radius 3 is 2.48 bits per heavy atom. The van der Waals surface area contributed by atoms with E-state index in [1.54, 1.807) is 30.3 Å². The predicted molar refractivity (Wildman–Crippen MR) is 119 cm³/mol. The fourth-order valence-electron chi connectivity index (χ4n) is 3.33. The van der Waals surface area contributed by atoms with Crippen LogP contribution in [-0.2, 0) is 30.0 Å². The van der Waals surface area contributed by atoms with E-state index in [0.29, 0.717) is 28.4 Å². The summed E-state index contributed by atoms with van der Waals surface area (Å²) in [6.45, 7) is 2.06. The minimum absolute atomic E-state index is 0.0677. The number of sulfonamides is 1. The summed E-state index contributed by atoms with van der Waals surface area (Å²) in [4.78, 5) is 25.0. The van der Waals surface area contributed by atoms with Crippen LogP contribution >= 0.6 is 11.6 Å². The number of benzene rings is 1. The second-order valence-corrected chi connectivity index (χ2v) is 9.56. The highest BCUT2D eigenvalue weighted by molar-refractivity contribution is 7.88. The minimum atomic E-state index is -3.34. The number of hydrogen-bond acceptors (Lipinski definition) is 5. The van der Waals surface area contributed by atoms with Crippen molar-refractivity contribution in [1.82, 2.24) is 19.1 Å². The van der Waals surface area contributed by atoms with Crippen molar-refractivity contribution < 1.29 is 13.2 Å². The third-order valence-corrected chi connectivity index (χ3v) is 5.80. The first-order chi connectivity index (χ1) is 14.5. The van der Waals surface area contributed by atoms with E-state index < -0.39 is 10.0 Å². The van der Waals surface area contributed by atoms with Crippen molar-refractivity contribution in [2.45, 2.75) is 19.9 Å². The molecule has 0 aliphatic carbocycles. The quantitative estimate of drug-likeness (QED) is 0.515. The number of carbonyl (C=O) groups is 1. The number of ketones is 1. The zero-order chi connectivity index (χ0) is 22.8. The molecule has 0 amide bonds. The van der Waals surface area contributed by atoms with Gasteiger partial charge in [0.2, 0.25) is 15.8 Å². The van der Waals surface area contributed by atoms with Gasteiger partial charge in [-0.25, -0.2) is 17.8 Å². The number of halogens is 1. The lowest BCUT2D eigenvalue weighted by atomic mass is 10.1. The maximum absolute atomic E-state index is 13.0. The molecule has 0 saturated heterocycles. The van der Waals surface area contributed by atoms with Crippen molar-refractivity contribution in [3.63, 3.8) is 0 Å². The van der Waals surface area contributed by atoms with Gasteiger partial charge in [0.1, 0.15) is 0 Å². The average molecular weight is 463 g/mol. The van der Waals surface area contributed by atoms with Gasteiger partial charge in [0, 0.05) is 42.4 Å². The van der Waals surface area contributed by atoms with Crippen LogP contribution in [0, 0.1) is 6.92 Å². The van der Waals surface area contributed by atoms with Crippen LogP contribution in [0.25, 0.3) is 0 Å². The highest BCUT2D eigenvalue weighted by atomic mass is 35.5. The number of nitrogens with zero attached hydrogens (tertiary/aromatic N) is 3. The molecule has 0 aliphatic rings. The topological polar surface area (TPSA) is 103 Å². The SMILES string of the molecule is Cc1cc(Cc2ccc(=O)n(CCNS(C)(=O)=O)n2)n(C)c1C(=O)c1ccc(Cl)cc1. The Balaban J connectivity index is 1.83. The van der Waals surface area contributed by atoms with Gasteiger partial charge in [0.15, 0.2) is 0 Å². The summed E-state index contributed by atoms with van der Waals surface area (Å²) in [5, 5.41) is 4.90. The van der Waals surface area contributed by atoms with Crippen LogP contribution in [0.3, 0.4) is 0 Å². The van der Waals surface area contributed by atoms with E-state index in [0.717, 1.165) is 17.5 Å². The molecule has 2 heterocycles. The molecule has 0 spiro atoms. The second-order valence-electron chi connectivity index (χ2n) is 7.29. The number of aryl methyl sites for hydroxylation is 1. The van der Waals surface area contributed by atoms with Crippen molar-refractivity contribution in [1.29, 1.82) is 0 Å². The summed E-state index contributed by atoms with van der Waals surface area (Å²) in [5.41, 5.74) is 3.13. The van der Waals surface area contributed by atoms with Crippen LogP contribution in [-0.4, -0.2) is 41.3 Å². The Morgan fingerprint density at radius 2 is 1.84 bits per heavy atom. The smallest absolute Gasteiger partial charge is 0.266 e. The number of rotatable bonds is 8. The molecular formula is C21H23ClN4O4S. The third kappa shape index (κ3) is 5.69. The van der Waals surface area contributed by atoms with Crippen molar-refractivity contribution in [3.8, 4) is 0 Å². The Morgan fingerprint density at radius 1 is 1.16 bits per heavy atom. The molecular weight excluding hydrogens is 440 g/mol. The summed E-state index contributed by atoms with van der Waals surface area (Å²) in [5.74, 6) is -0.104. The Hall–Kier alpha value is -2.75. The minimum Gasteiger partial charge on any atom is -0.344 e. The van der Waals surface area contributed by atoms with Gasteiger partial charge in [-0.3, -0.25) is 9.59 Å². The van der Waals surface area contributed by atoms with Crippen LogP contribution in [0.2, 0.25) is 5.02 Å². The van der Waals surface area contributed by atoms with E-state index in [-0.39, 0.29) is 24.4 Å². The molecule has 0 atom stereocenters. The Labute approximate surface area is 185 Å². The highest BCUT2D eigenvalue weighted by Crippen LogP contribution is 2.21. The predicted octanol–water partition coefficient (Wildman–Crippen LogP) is 1.91. The molecule has 0 fully saturated rings. The summed E-state index contributed by atoms with van der Waals surface area (Å²) in [6, 6.07) is 11.7. The molecule has 0 unspecified atom stereocenters. The molecule has 1 N–H and O–H groups in total. The van der Waals surface area contributed by atoms with Gasteiger partial charge in [-0.2, -0.15) is 5.10 Å². The molecule has 10 heteroatoms. The highest BCUT2D eigenvalue weighted by Gasteiger charge is 2.19. The fraction of sp³-hybridized carbons (Fsp3) is 0.286. The van der Waals surface area contributed by atoms with E-state index in [4.69, 9.17) is 11.6 Å². The number of hydrogen-bond donors (Lipinski definition) is 1. The maximum Gasteiger partial charge on any atom is 0.266 e. The van der Waals surface area contributed by atoms with Gasteiger partial charge >= 0.3 is 0 Å². The van der Waals surface area contributed by atoms with E-state index >= 15 is 0 Å². The van der Waals surface area contributed by atoms with Crippen LogP contribution in [0.1, 0.15) is 33.0 Å². The molecule has 1 aromatic carbocycles. The van der Waals surface area contributed by atoms with Crippen molar-refractivity contribution in [2.75, 3.05) is 12.8 Å². The number of carbonyl (C=O) groups excluding carboxylic acids is 1.